The van der Waals surface area contributed by atoms with E-state index in [4.69, 9.17) is 0 Å². The first-order valence-corrected chi connectivity index (χ1v) is 5.84. The number of H-pyrrole nitrogens is 1. The van der Waals surface area contributed by atoms with E-state index in [1.165, 1.54) is 0 Å². The quantitative estimate of drug-likeness (QED) is 0.791. The molecule has 0 saturated heterocycles. The fraction of sp³-hybridized carbons (Fsp3) is 0.0625. The number of aromatic nitrogens is 2. The van der Waals surface area contributed by atoms with E-state index in [-0.39, 0.29) is 0 Å². The maximum absolute atomic E-state index is 4.37. The van der Waals surface area contributed by atoms with E-state index in [0.29, 0.717) is 0 Å². The minimum absolute atomic E-state index is 0.865. The fourth-order valence-electron chi connectivity index (χ4n) is 1.80. The zero-order valence-corrected chi connectivity index (χ0v) is 10.5. The summed E-state index contributed by atoms with van der Waals surface area (Å²) >= 11 is 0. The van der Waals surface area contributed by atoms with Crippen molar-refractivity contribution in [2.24, 2.45) is 0 Å². The summed E-state index contributed by atoms with van der Waals surface area (Å²) < 4.78 is 0. The molecule has 2 heteroatoms. The first kappa shape index (κ1) is 12.1. The highest BCUT2D eigenvalue weighted by atomic mass is 14.9. The van der Waals surface area contributed by atoms with Gasteiger partial charge in [0.15, 0.2) is 0 Å². The Bertz CT molecular complexity index is 589. The Morgan fingerprint density at radius 2 is 1.94 bits per heavy atom. The topological polar surface area (TPSA) is 28.7 Å². The Balaban J connectivity index is 2.40. The zero-order valence-electron chi connectivity index (χ0n) is 10.5. The molecule has 2 rings (SSSR count). The van der Waals surface area contributed by atoms with Crippen LogP contribution < -0.4 is 0 Å². The monoisotopic (exact) mass is 236 g/mol. The molecular weight excluding hydrogens is 220 g/mol. The van der Waals surface area contributed by atoms with Crippen LogP contribution in [0, 0.1) is 0 Å². The van der Waals surface area contributed by atoms with Gasteiger partial charge in [-0.3, -0.25) is 0 Å². The maximum Gasteiger partial charge on any atom is 0.0960 e. The smallest absolute Gasteiger partial charge is 0.0960 e. The van der Waals surface area contributed by atoms with Gasteiger partial charge in [-0.05, 0) is 18.1 Å². The normalized spacial score (nSPS) is 10.7. The number of rotatable bonds is 4. The minimum atomic E-state index is 0.865. The van der Waals surface area contributed by atoms with Gasteiger partial charge in [0.1, 0.15) is 0 Å². The molecule has 0 aliphatic carbocycles. The second-order valence-electron chi connectivity index (χ2n) is 4.00. The van der Waals surface area contributed by atoms with Crippen LogP contribution in [0.5, 0.6) is 0 Å². The van der Waals surface area contributed by atoms with Crippen molar-refractivity contribution in [3.05, 3.63) is 73.2 Å². The third kappa shape index (κ3) is 2.33. The molecule has 1 N–H and O–H groups in total. The first-order chi connectivity index (χ1) is 8.74. The lowest BCUT2D eigenvalue weighted by Crippen LogP contribution is -1.89. The van der Waals surface area contributed by atoms with Crippen LogP contribution in [0.1, 0.15) is 12.6 Å². The van der Waals surface area contributed by atoms with Gasteiger partial charge in [0.2, 0.25) is 0 Å². The van der Waals surface area contributed by atoms with Crippen molar-refractivity contribution >= 4 is 5.57 Å². The van der Waals surface area contributed by atoms with Gasteiger partial charge in [-0.15, -0.1) is 0 Å². The molecule has 0 amide bonds. The highest BCUT2D eigenvalue weighted by molar-refractivity contribution is 5.85. The molecule has 0 unspecified atom stereocenters. The number of nitrogens with one attached hydrogen (secondary N) is 1. The molecule has 90 valence electrons. The summed E-state index contributed by atoms with van der Waals surface area (Å²) in [5.74, 6) is 0. The highest BCUT2D eigenvalue weighted by Gasteiger charge is 2.11. The number of imidazole rings is 1. The zero-order chi connectivity index (χ0) is 13.0. The molecule has 2 aromatic rings. The average Bonchev–Trinajstić information content (AvgIpc) is 2.88. The van der Waals surface area contributed by atoms with Gasteiger partial charge < -0.3 is 4.98 Å². The summed E-state index contributed by atoms with van der Waals surface area (Å²) in [4.78, 5) is 7.51. The molecule has 1 aromatic heterocycles. The molecule has 0 spiro atoms. The van der Waals surface area contributed by atoms with Gasteiger partial charge in [-0.25, -0.2) is 4.98 Å². The predicted octanol–water partition coefficient (Wildman–Crippen LogP) is 4.22. The lowest BCUT2D eigenvalue weighted by Gasteiger charge is -2.06. The van der Waals surface area contributed by atoms with Crippen LogP contribution in [0.25, 0.3) is 16.8 Å². The van der Waals surface area contributed by atoms with E-state index in [1.807, 2.05) is 49.4 Å². The molecule has 18 heavy (non-hydrogen) atoms. The second-order valence-corrected chi connectivity index (χ2v) is 4.00. The van der Waals surface area contributed by atoms with Gasteiger partial charge in [-0.1, -0.05) is 55.6 Å². The van der Waals surface area contributed by atoms with E-state index in [9.17, 15) is 0 Å². The fourth-order valence-corrected chi connectivity index (χ4v) is 1.80. The van der Waals surface area contributed by atoms with Gasteiger partial charge in [-0.2, -0.15) is 0 Å². The van der Waals surface area contributed by atoms with Gasteiger partial charge in [0.25, 0.3) is 0 Å². The number of benzene rings is 1. The number of nitrogens with zero attached hydrogens (tertiary/aromatic N) is 1. The lowest BCUT2D eigenvalue weighted by atomic mass is 10.0. The molecule has 1 heterocycles. The van der Waals surface area contributed by atoms with Crippen molar-refractivity contribution in [2.45, 2.75) is 6.92 Å². The summed E-state index contributed by atoms with van der Waals surface area (Å²) in [6.45, 7) is 10.0. The van der Waals surface area contributed by atoms with Gasteiger partial charge >= 0.3 is 0 Å². The van der Waals surface area contributed by atoms with Crippen LogP contribution in [0.15, 0.2) is 67.5 Å². The van der Waals surface area contributed by atoms with Crippen LogP contribution in [0.3, 0.4) is 0 Å². The molecular formula is C16H16N2. The third-order valence-corrected chi connectivity index (χ3v) is 2.74. The number of allylic oxidation sites excluding steroid dienone is 4. The minimum Gasteiger partial charge on any atom is -0.344 e. The van der Waals surface area contributed by atoms with Crippen molar-refractivity contribution in [2.75, 3.05) is 0 Å². The Hall–Kier alpha value is -2.35. The van der Waals surface area contributed by atoms with Crippen molar-refractivity contribution in [1.82, 2.24) is 9.97 Å². The SMILES string of the molecule is C=C(/C=C\C)C(=C)c1[nH]cnc1-c1ccccc1. The van der Waals surface area contributed by atoms with Crippen LogP contribution in [-0.2, 0) is 0 Å². The summed E-state index contributed by atoms with van der Waals surface area (Å²) in [5, 5.41) is 0. The average molecular weight is 236 g/mol. The summed E-state index contributed by atoms with van der Waals surface area (Å²) in [7, 11) is 0. The highest BCUT2D eigenvalue weighted by Crippen LogP contribution is 2.28. The first-order valence-electron chi connectivity index (χ1n) is 5.84. The summed E-state index contributed by atoms with van der Waals surface area (Å²) in [6.07, 6.45) is 5.58. The number of aromatic amines is 1. The van der Waals surface area contributed by atoms with E-state index < -0.39 is 0 Å². The van der Waals surface area contributed by atoms with E-state index in [0.717, 1.165) is 28.1 Å². The predicted molar refractivity (Wildman–Crippen MR) is 77.0 cm³/mol. The van der Waals surface area contributed by atoms with Crippen molar-refractivity contribution in [3.8, 4) is 11.3 Å². The van der Waals surface area contributed by atoms with Crippen molar-refractivity contribution in [3.63, 3.8) is 0 Å². The second kappa shape index (κ2) is 5.32. The molecule has 0 saturated carbocycles. The summed E-state index contributed by atoms with van der Waals surface area (Å²) in [5.41, 5.74) is 4.65. The van der Waals surface area contributed by atoms with Crippen molar-refractivity contribution < 1.29 is 0 Å². The third-order valence-electron chi connectivity index (χ3n) is 2.74. The molecule has 0 atom stereocenters. The van der Waals surface area contributed by atoms with Crippen molar-refractivity contribution in [1.29, 1.82) is 0 Å². The van der Waals surface area contributed by atoms with Crippen LogP contribution >= 0.6 is 0 Å². The molecule has 0 bridgehead atoms. The molecule has 0 aliphatic heterocycles. The molecule has 0 aliphatic rings. The number of hydrogen-bond acceptors (Lipinski definition) is 1. The van der Waals surface area contributed by atoms with Crippen LogP contribution in [0.4, 0.5) is 0 Å². The van der Waals surface area contributed by atoms with Gasteiger partial charge in [0, 0.05) is 5.56 Å². The van der Waals surface area contributed by atoms with Crippen LogP contribution in [-0.4, -0.2) is 9.97 Å². The van der Waals surface area contributed by atoms with E-state index in [2.05, 4.69) is 23.1 Å². The Kier molecular flexibility index (Phi) is 3.58. The molecule has 0 fully saturated rings. The van der Waals surface area contributed by atoms with E-state index >= 15 is 0 Å². The molecule has 0 radical (unpaired) electrons. The van der Waals surface area contributed by atoms with Crippen LogP contribution in [0.2, 0.25) is 0 Å². The molecule has 1 aromatic carbocycles. The lowest BCUT2D eigenvalue weighted by molar-refractivity contribution is 1.30. The molecule has 2 nitrogen and oxygen atoms in total. The Labute approximate surface area is 107 Å². The standard InChI is InChI=1S/C16H16N2/c1-4-8-12(2)13(3)15-16(18-11-17-15)14-9-6-5-7-10-14/h4-11H,2-3H2,1H3,(H,17,18)/b8-4-. The number of hydrogen-bond donors (Lipinski definition) is 1. The maximum atomic E-state index is 4.37. The van der Waals surface area contributed by atoms with E-state index in [1.54, 1.807) is 6.33 Å². The largest absolute Gasteiger partial charge is 0.344 e. The van der Waals surface area contributed by atoms with Gasteiger partial charge in [0.05, 0.1) is 17.7 Å². The Morgan fingerprint density at radius 1 is 1.22 bits per heavy atom. The summed E-state index contributed by atoms with van der Waals surface area (Å²) in [6, 6.07) is 10.1. The Morgan fingerprint density at radius 3 is 2.61 bits per heavy atom.